The van der Waals surface area contributed by atoms with Crippen LogP contribution in [-0.4, -0.2) is 6.61 Å². The summed E-state index contributed by atoms with van der Waals surface area (Å²) >= 11 is 0. The Morgan fingerprint density at radius 2 is 2.29 bits per heavy atom. The van der Waals surface area contributed by atoms with E-state index in [-0.39, 0.29) is 5.41 Å². The summed E-state index contributed by atoms with van der Waals surface area (Å²) < 4.78 is 5.73. The largest absolute Gasteiger partial charge is 0.496 e. The van der Waals surface area contributed by atoms with Crippen molar-refractivity contribution in [2.45, 2.75) is 26.7 Å². The minimum Gasteiger partial charge on any atom is -0.496 e. The van der Waals surface area contributed by atoms with Crippen LogP contribution in [0.5, 0.6) is 0 Å². The molecule has 0 saturated heterocycles. The fourth-order valence-electron chi connectivity index (χ4n) is 2.01. The number of allylic oxidation sites excluding steroid dienone is 2. The Kier molecular flexibility index (Phi) is 2.26. The summed E-state index contributed by atoms with van der Waals surface area (Å²) in [6, 6.07) is 0. The molecule has 1 atom stereocenters. The lowest BCUT2D eigenvalue weighted by Gasteiger charge is -2.20. The molecule has 76 valence electrons. The number of hydrogen-bond donors (Lipinski definition) is 0. The molecule has 1 unspecified atom stereocenters. The average Bonchev–Trinajstić information content (AvgIpc) is 2.47. The van der Waals surface area contributed by atoms with E-state index in [0.29, 0.717) is 5.92 Å². The Labute approximate surface area is 86.2 Å². The van der Waals surface area contributed by atoms with Crippen LogP contribution in [0.3, 0.4) is 0 Å². The summed E-state index contributed by atoms with van der Waals surface area (Å²) in [5.41, 5.74) is 1.48. The van der Waals surface area contributed by atoms with E-state index in [9.17, 15) is 0 Å². The molecule has 1 heterocycles. The molecule has 1 aliphatic carbocycles. The third-order valence-electron chi connectivity index (χ3n) is 2.85. The second kappa shape index (κ2) is 3.30. The average molecular weight is 190 g/mol. The van der Waals surface area contributed by atoms with Crippen molar-refractivity contribution in [3.05, 3.63) is 36.1 Å². The monoisotopic (exact) mass is 190 g/mol. The highest BCUT2D eigenvalue weighted by atomic mass is 16.5. The lowest BCUT2D eigenvalue weighted by atomic mass is 9.87. The van der Waals surface area contributed by atoms with Gasteiger partial charge >= 0.3 is 0 Å². The second-order valence-corrected chi connectivity index (χ2v) is 4.93. The number of rotatable bonds is 1. The Morgan fingerprint density at radius 1 is 1.50 bits per heavy atom. The molecule has 1 aliphatic heterocycles. The van der Waals surface area contributed by atoms with Crippen molar-refractivity contribution in [2.24, 2.45) is 11.3 Å². The van der Waals surface area contributed by atoms with E-state index < -0.39 is 0 Å². The first-order valence-electron chi connectivity index (χ1n) is 5.28. The zero-order chi connectivity index (χ0) is 10.2. The van der Waals surface area contributed by atoms with Gasteiger partial charge in [-0.3, -0.25) is 0 Å². The van der Waals surface area contributed by atoms with E-state index >= 15 is 0 Å². The summed E-state index contributed by atoms with van der Waals surface area (Å²) in [6.45, 7) is 9.33. The molecule has 0 fully saturated rings. The van der Waals surface area contributed by atoms with Crippen molar-refractivity contribution in [1.82, 2.24) is 0 Å². The van der Waals surface area contributed by atoms with E-state index in [4.69, 9.17) is 4.74 Å². The van der Waals surface area contributed by atoms with Crippen molar-refractivity contribution in [3.8, 4) is 0 Å². The zero-order valence-electron chi connectivity index (χ0n) is 9.05. The van der Waals surface area contributed by atoms with Crippen LogP contribution in [0.2, 0.25) is 0 Å². The Morgan fingerprint density at radius 3 is 2.86 bits per heavy atom. The normalized spacial score (nSPS) is 30.0. The summed E-state index contributed by atoms with van der Waals surface area (Å²) in [5, 5.41) is 0. The van der Waals surface area contributed by atoms with Crippen LogP contribution in [0, 0.1) is 11.3 Å². The van der Waals surface area contributed by atoms with Gasteiger partial charge in [0.2, 0.25) is 0 Å². The first kappa shape index (κ1) is 9.57. The van der Waals surface area contributed by atoms with Crippen LogP contribution >= 0.6 is 0 Å². The predicted molar refractivity (Wildman–Crippen MR) is 58.8 cm³/mol. The second-order valence-electron chi connectivity index (χ2n) is 4.93. The van der Waals surface area contributed by atoms with E-state index in [1.807, 2.05) is 0 Å². The van der Waals surface area contributed by atoms with Crippen LogP contribution in [0.4, 0.5) is 0 Å². The van der Waals surface area contributed by atoms with Crippen molar-refractivity contribution < 1.29 is 4.74 Å². The predicted octanol–water partition coefficient (Wildman–Crippen LogP) is 3.45. The van der Waals surface area contributed by atoms with E-state index in [0.717, 1.165) is 25.2 Å². The summed E-state index contributed by atoms with van der Waals surface area (Å²) in [5.74, 6) is 1.45. The molecule has 1 nitrogen and oxygen atoms in total. The summed E-state index contributed by atoms with van der Waals surface area (Å²) in [4.78, 5) is 0. The van der Waals surface area contributed by atoms with Crippen molar-refractivity contribution in [3.63, 3.8) is 0 Å². The van der Waals surface area contributed by atoms with Gasteiger partial charge in [0.1, 0.15) is 5.76 Å². The SMILES string of the molecule is C=C1CCC=CC1C1=CC(C)(C)CO1. The lowest BCUT2D eigenvalue weighted by Crippen LogP contribution is -2.09. The van der Waals surface area contributed by atoms with Crippen LogP contribution in [0.25, 0.3) is 0 Å². The highest BCUT2D eigenvalue weighted by Gasteiger charge is 2.29. The molecule has 1 heteroatoms. The van der Waals surface area contributed by atoms with Gasteiger partial charge in [-0.2, -0.15) is 0 Å². The molecule has 0 amide bonds. The number of hydrogen-bond acceptors (Lipinski definition) is 1. The lowest BCUT2D eigenvalue weighted by molar-refractivity contribution is 0.173. The molecular formula is C13H18O. The van der Waals surface area contributed by atoms with Gasteiger partial charge in [0.25, 0.3) is 0 Å². The topological polar surface area (TPSA) is 9.23 Å². The molecular weight excluding hydrogens is 172 g/mol. The molecule has 0 aromatic carbocycles. The Hall–Kier alpha value is -0.980. The third kappa shape index (κ3) is 1.77. The Balaban J connectivity index is 2.19. The standard InChI is InChI=1S/C13H18O/c1-10-6-4-5-7-11(10)12-8-13(2,3)9-14-12/h5,7-8,11H,1,4,6,9H2,2-3H3. The van der Waals surface area contributed by atoms with Gasteiger partial charge in [0.15, 0.2) is 0 Å². The zero-order valence-corrected chi connectivity index (χ0v) is 9.05. The molecule has 0 bridgehead atoms. The maximum absolute atomic E-state index is 5.73. The molecule has 0 N–H and O–H groups in total. The Bertz CT molecular complexity index is 307. The highest BCUT2D eigenvalue weighted by molar-refractivity contribution is 5.28. The molecule has 0 aromatic heterocycles. The van der Waals surface area contributed by atoms with E-state index in [2.05, 4.69) is 38.7 Å². The molecule has 2 aliphatic rings. The summed E-state index contributed by atoms with van der Waals surface area (Å²) in [6.07, 6.45) is 8.93. The third-order valence-corrected chi connectivity index (χ3v) is 2.85. The highest BCUT2D eigenvalue weighted by Crippen LogP contribution is 2.37. The molecule has 14 heavy (non-hydrogen) atoms. The fraction of sp³-hybridized carbons (Fsp3) is 0.538. The molecule has 2 rings (SSSR count). The van der Waals surface area contributed by atoms with Crippen molar-refractivity contribution >= 4 is 0 Å². The van der Waals surface area contributed by atoms with Crippen LogP contribution < -0.4 is 0 Å². The number of ether oxygens (including phenoxy) is 1. The molecule has 0 spiro atoms. The quantitative estimate of drug-likeness (QED) is 0.575. The van der Waals surface area contributed by atoms with Crippen molar-refractivity contribution in [2.75, 3.05) is 6.61 Å². The van der Waals surface area contributed by atoms with E-state index in [1.165, 1.54) is 5.57 Å². The minimum atomic E-state index is 0.195. The smallest absolute Gasteiger partial charge is 0.104 e. The van der Waals surface area contributed by atoms with Gasteiger partial charge in [-0.15, -0.1) is 0 Å². The minimum absolute atomic E-state index is 0.195. The maximum atomic E-state index is 5.73. The van der Waals surface area contributed by atoms with Gasteiger partial charge < -0.3 is 4.74 Å². The molecule has 0 saturated carbocycles. The molecule has 0 radical (unpaired) electrons. The van der Waals surface area contributed by atoms with Crippen molar-refractivity contribution in [1.29, 1.82) is 0 Å². The van der Waals surface area contributed by atoms with Gasteiger partial charge in [0.05, 0.1) is 12.5 Å². The molecule has 0 aromatic rings. The summed E-state index contributed by atoms with van der Waals surface area (Å²) in [7, 11) is 0. The first-order valence-corrected chi connectivity index (χ1v) is 5.28. The fourth-order valence-corrected chi connectivity index (χ4v) is 2.01. The van der Waals surface area contributed by atoms with Crippen LogP contribution in [0.1, 0.15) is 26.7 Å². The van der Waals surface area contributed by atoms with Crippen LogP contribution in [-0.2, 0) is 4.74 Å². The first-order chi connectivity index (χ1) is 6.58. The van der Waals surface area contributed by atoms with Crippen LogP contribution in [0.15, 0.2) is 36.1 Å². The van der Waals surface area contributed by atoms with E-state index in [1.54, 1.807) is 0 Å². The van der Waals surface area contributed by atoms with Gasteiger partial charge in [-0.05, 0) is 18.9 Å². The maximum Gasteiger partial charge on any atom is 0.104 e. The van der Waals surface area contributed by atoms with Gasteiger partial charge in [-0.1, -0.05) is 38.2 Å². The van der Waals surface area contributed by atoms with Gasteiger partial charge in [0, 0.05) is 5.41 Å². The van der Waals surface area contributed by atoms with Gasteiger partial charge in [-0.25, -0.2) is 0 Å².